The lowest BCUT2D eigenvalue weighted by Crippen LogP contribution is -2.55. The molecule has 0 aliphatic carbocycles. The van der Waals surface area contributed by atoms with Crippen molar-refractivity contribution >= 4 is 58.1 Å². The number of benzene rings is 1. The number of anilines is 1. The number of hydrogen-bond donors (Lipinski definition) is 2. The second kappa shape index (κ2) is 9.15. The molecule has 3 rings (SSSR count). The Morgan fingerprint density at radius 2 is 1.52 bits per heavy atom. The highest BCUT2D eigenvalue weighted by atomic mass is 32.2. The first-order valence-electron chi connectivity index (χ1n) is 10.3. The van der Waals surface area contributed by atoms with Crippen molar-refractivity contribution < 1.29 is 19.7 Å². The number of hydrogen-bond acceptors (Lipinski definition) is 9. The number of methoxy groups -OCH3 is 1. The van der Waals surface area contributed by atoms with Crippen LogP contribution in [-0.2, 0) is 4.79 Å². The molecule has 2 aliphatic heterocycles. The van der Waals surface area contributed by atoms with Crippen LogP contribution >= 0.6 is 36.1 Å². The van der Waals surface area contributed by atoms with Gasteiger partial charge in [-0.3, -0.25) is 4.79 Å². The molecular formula is C23H29N3O4S3. The van der Waals surface area contributed by atoms with Crippen molar-refractivity contribution in [3.05, 3.63) is 50.9 Å². The number of carbonyl (C=O) groups is 1. The molecule has 2 N–H and O–H groups in total. The number of hydrazine groups is 1. The maximum Gasteiger partial charge on any atom is 0.224 e. The van der Waals surface area contributed by atoms with Gasteiger partial charge in [0, 0.05) is 42.0 Å². The first-order valence-corrected chi connectivity index (χ1v) is 12.3. The smallest absolute Gasteiger partial charge is 0.224 e. The highest BCUT2D eigenvalue weighted by Gasteiger charge is 2.46. The molecule has 1 aromatic rings. The summed E-state index contributed by atoms with van der Waals surface area (Å²) in [5, 5.41) is 21.5. The summed E-state index contributed by atoms with van der Waals surface area (Å²) < 4.78 is 9.31. The Morgan fingerprint density at radius 1 is 1.00 bits per heavy atom. The SMILES string of the molecule is COc1ccc2c(c1)C(=C1SN(C(O)=C(C)C)N(C(O)=C(C)C)S1)C(=S)C(C)(C)N2C(C)=O. The van der Waals surface area contributed by atoms with E-state index in [9.17, 15) is 15.0 Å². The average Bonchev–Trinajstić information content (AvgIpc) is 3.17. The molecule has 0 unspecified atom stereocenters. The maximum atomic E-state index is 12.7. The van der Waals surface area contributed by atoms with Crippen LogP contribution in [0.2, 0.25) is 0 Å². The fourth-order valence-corrected chi connectivity index (χ4v) is 6.57. The predicted molar refractivity (Wildman–Crippen MR) is 141 cm³/mol. The summed E-state index contributed by atoms with van der Waals surface area (Å²) in [4.78, 5) is 14.9. The third-order valence-corrected chi connectivity index (χ3v) is 8.35. The maximum absolute atomic E-state index is 12.7. The van der Waals surface area contributed by atoms with Crippen LogP contribution in [0.4, 0.5) is 5.69 Å². The summed E-state index contributed by atoms with van der Waals surface area (Å²) in [5.41, 5.74) is 2.88. The van der Waals surface area contributed by atoms with Gasteiger partial charge in [-0.1, -0.05) is 12.2 Å². The Bertz CT molecular complexity index is 1080. The van der Waals surface area contributed by atoms with Crippen LogP contribution in [0.25, 0.3) is 5.57 Å². The molecule has 178 valence electrons. The zero-order valence-electron chi connectivity index (χ0n) is 20.0. The van der Waals surface area contributed by atoms with Crippen LogP contribution in [0.3, 0.4) is 0 Å². The lowest BCUT2D eigenvalue weighted by atomic mass is 9.83. The van der Waals surface area contributed by atoms with Crippen LogP contribution < -0.4 is 9.64 Å². The van der Waals surface area contributed by atoms with Gasteiger partial charge < -0.3 is 19.8 Å². The minimum atomic E-state index is -0.762. The lowest BCUT2D eigenvalue weighted by molar-refractivity contribution is -0.117. The van der Waals surface area contributed by atoms with Crippen LogP contribution in [0.1, 0.15) is 54.0 Å². The van der Waals surface area contributed by atoms with Crippen LogP contribution in [-0.4, -0.2) is 42.5 Å². The minimum absolute atomic E-state index is 0.0214. The van der Waals surface area contributed by atoms with Gasteiger partial charge in [0.25, 0.3) is 0 Å². The Kier molecular flexibility index (Phi) is 7.02. The average molecular weight is 508 g/mol. The molecule has 0 aromatic heterocycles. The molecule has 0 radical (unpaired) electrons. The van der Waals surface area contributed by atoms with Crippen molar-refractivity contribution in [1.82, 2.24) is 8.83 Å². The van der Waals surface area contributed by atoms with E-state index < -0.39 is 5.54 Å². The molecule has 0 saturated carbocycles. The van der Waals surface area contributed by atoms with E-state index in [0.717, 1.165) is 21.1 Å². The number of aliphatic hydroxyl groups excluding tert-OH is 2. The summed E-state index contributed by atoms with van der Waals surface area (Å²) in [6.45, 7) is 12.5. The highest BCUT2D eigenvalue weighted by molar-refractivity contribution is 8.23. The first-order chi connectivity index (χ1) is 15.3. The van der Waals surface area contributed by atoms with Gasteiger partial charge in [-0.15, -0.1) is 0 Å². The minimum Gasteiger partial charge on any atom is -0.497 e. The normalized spacial score (nSPS) is 17.2. The molecule has 0 atom stereocenters. The standard InChI is InChI=1S/C23H29N3O4S3/c1-12(2)20(28)25-26(21(29)13(3)4)33-22(32-25)18-16-11-15(30-8)9-10-17(16)24(14(5)27)23(6,7)19(18)31/h9-11,28-29H,1-8H3. The number of allylic oxidation sites excluding steroid dienone is 2. The van der Waals surface area contributed by atoms with Crippen molar-refractivity contribution in [3.8, 4) is 5.75 Å². The second-order valence-electron chi connectivity index (χ2n) is 8.66. The number of aliphatic hydroxyl groups is 2. The summed E-state index contributed by atoms with van der Waals surface area (Å²) in [6.07, 6.45) is 0. The summed E-state index contributed by atoms with van der Waals surface area (Å²) in [5.74, 6) is 0.567. The number of nitrogens with zero attached hydrogens (tertiary/aromatic N) is 3. The van der Waals surface area contributed by atoms with Crippen LogP contribution in [0.5, 0.6) is 5.75 Å². The number of ether oxygens (including phenoxy) is 1. The van der Waals surface area contributed by atoms with Crippen molar-refractivity contribution in [3.63, 3.8) is 0 Å². The van der Waals surface area contributed by atoms with Crippen molar-refractivity contribution in [1.29, 1.82) is 0 Å². The van der Waals surface area contributed by atoms with Crippen molar-refractivity contribution in [2.24, 2.45) is 0 Å². The van der Waals surface area contributed by atoms with Crippen LogP contribution in [0.15, 0.2) is 45.3 Å². The van der Waals surface area contributed by atoms with Gasteiger partial charge in [0.1, 0.15) is 5.75 Å². The fourth-order valence-electron chi connectivity index (χ4n) is 3.61. The number of thiocarbonyl (C=S) groups is 1. The molecule has 1 fully saturated rings. The molecular weight excluding hydrogens is 478 g/mol. The molecule has 1 saturated heterocycles. The molecule has 0 bridgehead atoms. The van der Waals surface area contributed by atoms with Gasteiger partial charge in [0.05, 0.1) is 27.4 Å². The highest BCUT2D eigenvalue weighted by Crippen LogP contribution is 2.55. The van der Waals surface area contributed by atoms with E-state index in [-0.39, 0.29) is 17.7 Å². The number of rotatable bonds is 3. The largest absolute Gasteiger partial charge is 0.497 e. The third-order valence-electron chi connectivity index (χ3n) is 5.34. The van der Waals surface area contributed by atoms with E-state index in [1.165, 1.54) is 39.6 Å². The fraction of sp³-hybridized carbons (Fsp3) is 0.391. The van der Waals surface area contributed by atoms with E-state index in [1.54, 1.807) is 39.7 Å². The molecule has 2 aliphatic rings. The molecule has 2 heterocycles. The summed E-state index contributed by atoms with van der Waals surface area (Å²) in [7, 11) is 1.59. The first kappa shape index (κ1) is 25.3. The Hall–Kier alpha value is -2.30. The van der Waals surface area contributed by atoms with Gasteiger partial charge in [0.15, 0.2) is 0 Å². The van der Waals surface area contributed by atoms with Gasteiger partial charge in [-0.2, -0.15) is 8.83 Å². The number of amides is 1. The number of fused-ring (bicyclic) bond motifs is 1. The Balaban J connectivity index is 2.31. The zero-order chi connectivity index (χ0) is 24.8. The van der Waals surface area contributed by atoms with Crippen molar-refractivity contribution in [2.75, 3.05) is 12.0 Å². The topological polar surface area (TPSA) is 76.5 Å². The quantitative estimate of drug-likeness (QED) is 0.211. The summed E-state index contributed by atoms with van der Waals surface area (Å²) >= 11 is 8.49. The van der Waals surface area contributed by atoms with E-state index in [2.05, 4.69) is 0 Å². The molecule has 0 spiro atoms. The Morgan fingerprint density at radius 3 is 1.94 bits per heavy atom. The summed E-state index contributed by atoms with van der Waals surface area (Å²) in [6, 6.07) is 5.55. The van der Waals surface area contributed by atoms with Gasteiger partial charge >= 0.3 is 0 Å². The predicted octanol–water partition coefficient (Wildman–Crippen LogP) is 6.33. The van der Waals surface area contributed by atoms with E-state index in [0.29, 0.717) is 21.8 Å². The third kappa shape index (κ3) is 4.31. The Labute approximate surface area is 209 Å². The zero-order valence-corrected chi connectivity index (χ0v) is 22.5. The monoisotopic (exact) mass is 507 g/mol. The second-order valence-corrected chi connectivity index (χ2v) is 11.2. The van der Waals surface area contributed by atoms with E-state index >= 15 is 0 Å². The molecule has 33 heavy (non-hydrogen) atoms. The molecule has 1 aromatic carbocycles. The van der Waals surface area contributed by atoms with Gasteiger partial charge in [-0.05, 0) is 70.9 Å². The van der Waals surface area contributed by atoms with Gasteiger partial charge in [0.2, 0.25) is 17.7 Å². The molecule has 10 heteroatoms. The number of carbonyl (C=O) groups excluding carboxylic acids is 1. The van der Waals surface area contributed by atoms with Gasteiger partial charge in [-0.25, -0.2) is 0 Å². The molecule has 1 amide bonds. The van der Waals surface area contributed by atoms with E-state index in [4.69, 9.17) is 17.0 Å². The van der Waals surface area contributed by atoms with Crippen LogP contribution in [0, 0.1) is 0 Å². The lowest BCUT2D eigenvalue weighted by Gasteiger charge is -2.44. The van der Waals surface area contributed by atoms with Crippen molar-refractivity contribution in [2.45, 2.75) is 54.0 Å². The molecule has 7 nitrogen and oxygen atoms in total. The van der Waals surface area contributed by atoms with E-state index in [1.807, 2.05) is 32.0 Å².